The number of hydrogen-bond donors (Lipinski definition) is 1. The molecule has 2 heterocycles. The molecule has 4 heteroatoms. The van der Waals surface area contributed by atoms with Crippen molar-refractivity contribution in [1.29, 1.82) is 0 Å². The number of benzene rings is 1. The van der Waals surface area contributed by atoms with E-state index in [1.54, 1.807) is 0 Å². The first-order valence-electron chi connectivity index (χ1n) is 6.41. The van der Waals surface area contributed by atoms with Crippen molar-refractivity contribution in [2.45, 2.75) is 19.5 Å². The SMILES string of the molecule is NCCc1ncn2c1CN(c1ccccc1)CC2. The monoisotopic (exact) mass is 242 g/mol. The normalized spacial score (nSPS) is 14.6. The molecular weight excluding hydrogens is 224 g/mol. The number of nitrogens with two attached hydrogens (primary N) is 1. The van der Waals surface area contributed by atoms with Crippen molar-refractivity contribution in [2.75, 3.05) is 18.0 Å². The highest BCUT2D eigenvalue weighted by Crippen LogP contribution is 2.22. The second-order valence-corrected chi connectivity index (χ2v) is 4.63. The van der Waals surface area contributed by atoms with Crippen LogP contribution in [0.25, 0.3) is 0 Å². The zero-order valence-corrected chi connectivity index (χ0v) is 10.4. The smallest absolute Gasteiger partial charge is 0.0952 e. The van der Waals surface area contributed by atoms with E-state index in [-0.39, 0.29) is 0 Å². The van der Waals surface area contributed by atoms with Crippen LogP contribution in [-0.2, 0) is 19.5 Å². The fraction of sp³-hybridized carbons (Fsp3) is 0.357. The van der Waals surface area contributed by atoms with E-state index < -0.39 is 0 Å². The number of hydrogen-bond acceptors (Lipinski definition) is 3. The Morgan fingerprint density at radius 1 is 1.17 bits per heavy atom. The lowest BCUT2D eigenvalue weighted by Crippen LogP contribution is -2.33. The molecule has 0 spiro atoms. The molecule has 0 fully saturated rings. The van der Waals surface area contributed by atoms with Crippen molar-refractivity contribution in [2.24, 2.45) is 5.73 Å². The van der Waals surface area contributed by atoms with Gasteiger partial charge in [-0.15, -0.1) is 0 Å². The molecule has 4 nitrogen and oxygen atoms in total. The van der Waals surface area contributed by atoms with E-state index >= 15 is 0 Å². The topological polar surface area (TPSA) is 47.1 Å². The molecule has 0 radical (unpaired) electrons. The summed E-state index contributed by atoms with van der Waals surface area (Å²) in [6.07, 6.45) is 2.81. The third kappa shape index (κ3) is 1.99. The van der Waals surface area contributed by atoms with Gasteiger partial charge in [0.05, 0.1) is 24.3 Å². The minimum absolute atomic E-state index is 0.662. The van der Waals surface area contributed by atoms with E-state index in [9.17, 15) is 0 Å². The Kier molecular flexibility index (Phi) is 3.02. The van der Waals surface area contributed by atoms with Crippen LogP contribution in [0.5, 0.6) is 0 Å². The molecule has 0 saturated heterocycles. The molecule has 1 aromatic heterocycles. The van der Waals surface area contributed by atoms with Crippen molar-refractivity contribution in [3.05, 3.63) is 48.0 Å². The van der Waals surface area contributed by atoms with E-state index in [1.165, 1.54) is 11.4 Å². The first-order valence-corrected chi connectivity index (χ1v) is 6.41. The van der Waals surface area contributed by atoms with Gasteiger partial charge in [0.25, 0.3) is 0 Å². The van der Waals surface area contributed by atoms with E-state index in [1.807, 2.05) is 6.33 Å². The zero-order chi connectivity index (χ0) is 12.4. The highest BCUT2D eigenvalue weighted by molar-refractivity contribution is 5.47. The van der Waals surface area contributed by atoms with Gasteiger partial charge < -0.3 is 15.2 Å². The van der Waals surface area contributed by atoms with Crippen molar-refractivity contribution in [3.8, 4) is 0 Å². The molecule has 0 aliphatic carbocycles. The summed E-state index contributed by atoms with van der Waals surface area (Å²) in [6, 6.07) is 10.5. The molecule has 0 amide bonds. The zero-order valence-electron chi connectivity index (χ0n) is 10.4. The van der Waals surface area contributed by atoms with Gasteiger partial charge in [-0.05, 0) is 18.7 Å². The van der Waals surface area contributed by atoms with Crippen LogP contribution in [0.1, 0.15) is 11.4 Å². The van der Waals surface area contributed by atoms with Gasteiger partial charge in [-0.1, -0.05) is 18.2 Å². The van der Waals surface area contributed by atoms with E-state index in [0.717, 1.165) is 31.7 Å². The van der Waals surface area contributed by atoms with Crippen molar-refractivity contribution in [1.82, 2.24) is 9.55 Å². The minimum atomic E-state index is 0.662. The number of rotatable bonds is 3. The lowest BCUT2D eigenvalue weighted by molar-refractivity contribution is 0.567. The molecule has 2 aromatic rings. The quantitative estimate of drug-likeness (QED) is 0.885. The van der Waals surface area contributed by atoms with Crippen LogP contribution in [0.15, 0.2) is 36.7 Å². The molecule has 0 atom stereocenters. The van der Waals surface area contributed by atoms with Gasteiger partial charge in [0.15, 0.2) is 0 Å². The Morgan fingerprint density at radius 2 is 2.00 bits per heavy atom. The lowest BCUT2D eigenvalue weighted by atomic mass is 10.2. The molecule has 3 rings (SSSR count). The fourth-order valence-electron chi connectivity index (χ4n) is 2.52. The van der Waals surface area contributed by atoms with E-state index in [0.29, 0.717) is 6.54 Å². The number of para-hydroxylation sites is 1. The van der Waals surface area contributed by atoms with Gasteiger partial charge >= 0.3 is 0 Å². The van der Waals surface area contributed by atoms with Gasteiger partial charge in [-0.25, -0.2) is 4.98 Å². The molecule has 0 saturated carbocycles. The first kappa shape index (κ1) is 11.3. The average Bonchev–Trinajstić information content (AvgIpc) is 2.83. The van der Waals surface area contributed by atoms with Gasteiger partial charge in [0.2, 0.25) is 0 Å². The number of imidazole rings is 1. The third-order valence-electron chi connectivity index (χ3n) is 3.49. The third-order valence-corrected chi connectivity index (χ3v) is 3.49. The summed E-state index contributed by atoms with van der Waals surface area (Å²) in [5, 5.41) is 0. The Balaban J connectivity index is 1.86. The van der Waals surface area contributed by atoms with E-state index in [2.05, 4.69) is 44.8 Å². The summed E-state index contributed by atoms with van der Waals surface area (Å²) in [7, 11) is 0. The van der Waals surface area contributed by atoms with Crippen LogP contribution >= 0.6 is 0 Å². The van der Waals surface area contributed by atoms with Gasteiger partial charge in [-0.2, -0.15) is 0 Å². The summed E-state index contributed by atoms with van der Waals surface area (Å²) in [5.74, 6) is 0. The number of fused-ring (bicyclic) bond motifs is 1. The Labute approximate surface area is 107 Å². The van der Waals surface area contributed by atoms with E-state index in [4.69, 9.17) is 5.73 Å². The van der Waals surface area contributed by atoms with Gasteiger partial charge in [0.1, 0.15) is 0 Å². The maximum Gasteiger partial charge on any atom is 0.0952 e. The summed E-state index contributed by atoms with van der Waals surface area (Å²) in [6.45, 7) is 3.63. The second-order valence-electron chi connectivity index (χ2n) is 4.63. The maximum atomic E-state index is 5.64. The largest absolute Gasteiger partial charge is 0.364 e. The maximum absolute atomic E-state index is 5.64. The summed E-state index contributed by atoms with van der Waals surface area (Å²) >= 11 is 0. The fourth-order valence-corrected chi connectivity index (χ4v) is 2.52. The van der Waals surface area contributed by atoms with Crippen LogP contribution in [0, 0.1) is 0 Å². The van der Waals surface area contributed by atoms with Crippen LogP contribution in [-0.4, -0.2) is 22.6 Å². The number of anilines is 1. The highest BCUT2D eigenvalue weighted by Gasteiger charge is 2.19. The number of nitrogens with zero attached hydrogens (tertiary/aromatic N) is 3. The molecule has 1 aliphatic heterocycles. The van der Waals surface area contributed by atoms with Crippen molar-refractivity contribution >= 4 is 5.69 Å². The minimum Gasteiger partial charge on any atom is -0.364 e. The first-order chi connectivity index (χ1) is 8.88. The van der Waals surface area contributed by atoms with Gasteiger partial charge in [0, 0.05) is 25.2 Å². The van der Waals surface area contributed by atoms with Crippen molar-refractivity contribution < 1.29 is 0 Å². The summed E-state index contributed by atoms with van der Waals surface area (Å²) in [5.41, 5.74) is 9.38. The van der Waals surface area contributed by atoms with Crippen LogP contribution in [0.2, 0.25) is 0 Å². The average molecular weight is 242 g/mol. The molecule has 94 valence electrons. The van der Waals surface area contributed by atoms with Crippen LogP contribution in [0.3, 0.4) is 0 Å². The van der Waals surface area contributed by atoms with Crippen molar-refractivity contribution in [3.63, 3.8) is 0 Å². The summed E-state index contributed by atoms with van der Waals surface area (Å²) in [4.78, 5) is 6.87. The second kappa shape index (κ2) is 4.82. The Bertz CT molecular complexity index is 518. The molecule has 1 aromatic carbocycles. The van der Waals surface area contributed by atoms with Crippen LogP contribution < -0.4 is 10.6 Å². The standard InChI is InChI=1S/C14H18N4/c15-7-6-13-14-10-17(8-9-18(14)11-16-13)12-4-2-1-3-5-12/h1-5,11H,6-10,15H2. The van der Waals surface area contributed by atoms with Crippen LogP contribution in [0.4, 0.5) is 5.69 Å². The summed E-state index contributed by atoms with van der Waals surface area (Å²) < 4.78 is 2.25. The lowest BCUT2D eigenvalue weighted by Gasteiger charge is -2.30. The Hall–Kier alpha value is -1.81. The predicted octanol–water partition coefficient (Wildman–Crippen LogP) is 1.40. The van der Waals surface area contributed by atoms with Gasteiger partial charge in [-0.3, -0.25) is 0 Å². The molecule has 0 bridgehead atoms. The Morgan fingerprint density at radius 3 is 2.78 bits per heavy atom. The molecule has 0 unspecified atom stereocenters. The predicted molar refractivity (Wildman–Crippen MR) is 72.5 cm³/mol. The molecule has 1 aliphatic rings. The molecule has 18 heavy (non-hydrogen) atoms. The molecule has 2 N–H and O–H groups in total. The number of aromatic nitrogens is 2. The molecular formula is C14H18N4. The highest BCUT2D eigenvalue weighted by atomic mass is 15.2.